The Morgan fingerprint density at radius 1 is 0.949 bits per heavy atom. The van der Waals surface area contributed by atoms with Crippen LogP contribution in [0.1, 0.15) is 61.0 Å². The van der Waals surface area contributed by atoms with Crippen molar-refractivity contribution in [3.8, 4) is 0 Å². The highest BCUT2D eigenvalue weighted by atomic mass is 16.7. The summed E-state index contributed by atoms with van der Waals surface area (Å²) in [7, 11) is 2.14. The van der Waals surface area contributed by atoms with Crippen molar-refractivity contribution in [2.75, 3.05) is 18.9 Å². The monoisotopic (exact) mass is 524 g/mol. The molecule has 202 valence electrons. The van der Waals surface area contributed by atoms with Crippen LogP contribution in [0.4, 0.5) is 5.69 Å². The van der Waals surface area contributed by atoms with Crippen LogP contribution in [0, 0.1) is 0 Å². The summed E-state index contributed by atoms with van der Waals surface area (Å²) in [5.74, 6) is -0.123. The van der Waals surface area contributed by atoms with E-state index in [2.05, 4.69) is 66.7 Å². The number of aliphatic hydroxyl groups is 1. The lowest BCUT2D eigenvalue weighted by Crippen LogP contribution is -2.38. The fourth-order valence-corrected chi connectivity index (χ4v) is 5.20. The minimum Gasteiger partial charge on any atom is -0.392 e. The summed E-state index contributed by atoms with van der Waals surface area (Å²) in [5, 5.41) is 14.8. The number of ether oxygens (including phenoxy) is 2. The van der Waals surface area contributed by atoms with E-state index in [4.69, 9.17) is 9.47 Å². The Morgan fingerprint density at radius 3 is 2.46 bits per heavy atom. The van der Waals surface area contributed by atoms with Gasteiger partial charge in [0.15, 0.2) is 6.29 Å². The maximum absolute atomic E-state index is 11.6. The molecule has 6 nitrogen and oxygen atoms in total. The van der Waals surface area contributed by atoms with Gasteiger partial charge in [-0.05, 0) is 59.6 Å². The molecule has 1 amide bonds. The predicted octanol–water partition coefficient (Wildman–Crippen LogP) is 6.53. The Kier molecular flexibility index (Phi) is 8.38. The molecule has 1 saturated heterocycles. The van der Waals surface area contributed by atoms with Gasteiger partial charge in [-0.15, -0.1) is 0 Å². The SMILES string of the molecule is CC(=O)Nc1cccc([C@H]2O[C@@H](CN(C)[C@H](C)c3ccc4ccccc4c3)C[C@@H](c3ccc(CO)cc3)O2)c1. The predicted molar refractivity (Wildman–Crippen MR) is 154 cm³/mol. The molecule has 4 aromatic carbocycles. The lowest BCUT2D eigenvalue weighted by Gasteiger charge is -2.39. The zero-order chi connectivity index (χ0) is 27.4. The summed E-state index contributed by atoms with van der Waals surface area (Å²) < 4.78 is 13.0. The third-order valence-corrected chi connectivity index (χ3v) is 7.50. The summed E-state index contributed by atoms with van der Waals surface area (Å²) in [6.07, 6.45) is -0.127. The number of hydrogen-bond donors (Lipinski definition) is 2. The van der Waals surface area contributed by atoms with Crippen molar-refractivity contribution in [3.63, 3.8) is 0 Å². The molecule has 0 radical (unpaired) electrons. The van der Waals surface area contributed by atoms with Gasteiger partial charge >= 0.3 is 0 Å². The van der Waals surface area contributed by atoms with Gasteiger partial charge in [0.25, 0.3) is 0 Å². The van der Waals surface area contributed by atoms with Gasteiger partial charge in [-0.1, -0.05) is 72.8 Å². The third kappa shape index (κ3) is 6.54. The van der Waals surface area contributed by atoms with E-state index in [1.807, 2.05) is 48.5 Å². The molecule has 1 heterocycles. The Labute approximate surface area is 230 Å². The smallest absolute Gasteiger partial charge is 0.221 e. The number of carbonyl (C=O) groups is 1. The fourth-order valence-electron chi connectivity index (χ4n) is 5.20. The lowest BCUT2D eigenvalue weighted by atomic mass is 9.98. The van der Waals surface area contributed by atoms with Crippen molar-refractivity contribution in [1.82, 2.24) is 4.90 Å². The van der Waals surface area contributed by atoms with E-state index in [1.54, 1.807) is 0 Å². The number of benzene rings is 4. The van der Waals surface area contributed by atoms with E-state index >= 15 is 0 Å². The molecule has 0 aromatic heterocycles. The molecular formula is C33H36N2O4. The number of carbonyl (C=O) groups excluding carboxylic acids is 1. The van der Waals surface area contributed by atoms with Gasteiger partial charge in [-0.2, -0.15) is 0 Å². The molecule has 5 rings (SSSR count). The summed E-state index contributed by atoms with van der Waals surface area (Å²) >= 11 is 0. The normalized spacial score (nSPS) is 20.2. The van der Waals surface area contributed by atoms with Gasteiger partial charge in [0, 0.05) is 37.2 Å². The average Bonchev–Trinajstić information content (AvgIpc) is 2.96. The summed E-state index contributed by atoms with van der Waals surface area (Å²) in [4.78, 5) is 13.9. The zero-order valence-electron chi connectivity index (χ0n) is 22.7. The number of aliphatic hydroxyl groups excluding tert-OH is 1. The first-order valence-electron chi connectivity index (χ1n) is 13.5. The van der Waals surface area contributed by atoms with Crippen LogP contribution in [0.3, 0.4) is 0 Å². The van der Waals surface area contributed by atoms with Crippen LogP contribution in [0.2, 0.25) is 0 Å². The summed E-state index contributed by atoms with van der Waals surface area (Å²) in [5.41, 5.74) is 4.74. The molecule has 4 aromatic rings. The highest BCUT2D eigenvalue weighted by Gasteiger charge is 2.33. The molecule has 6 heteroatoms. The van der Waals surface area contributed by atoms with Gasteiger partial charge in [-0.3, -0.25) is 9.69 Å². The Hall–Kier alpha value is -3.55. The van der Waals surface area contributed by atoms with E-state index in [0.29, 0.717) is 12.1 Å². The van der Waals surface area contributed by atoms with Crippen LogP contribution in [-0.4, -0.2) is 35.6 Å². The minimum atomic E-state index is -0.579. The molecule has 0 aliphatic carbocycles. The second-order valence-electron chi connectivity index (χ2n) is 10.4. The number of rotatable bonds is 8. The molecule has 1 fully saturated rings. The van der Waals surface area contributed by atoms with Crippen molar-refractivity contribution in [1.29, 1.82) is 0 Å². The maximum Gasteiger partial charge on any atom is 0.221 e. The molecule has 0 saturated carbocycles. The van der Waals surface area contributed by atoms with Crippen LogP contribution in [0.25, 0.3) is 10.8 Å². The molecule has 39 heavy (non-hydrogen) atoms. The zero-order valence-corrected chi connectivity index (χ0v) is 22.7. The van der Waals surface area contributed by atoms with Gasteiger partial charge in [0.2, 0.25) is 5.91 Å². The Bertz CT molecular complexity index is 1420. The van der Waals surface area contributed by atoms with Crippen LogP contribution in [-0.2, 0) is 20.9 Å². The number of fused-ring (bicyclic) bond motifs is 1. The highest BCUT2D eigenvalue weighted by Crippen LogP contribution is 2.39. The van der Waals surface area contributed by atoms with Crippen molar-refractivity contribution in [2.24, 2.45) is 0 Å². The average molecular weight is 525 g/mol. The van der Waals surface area contributed by atoms with Gasteiger partial charge in [0.1, 0.15) is 0 Å². The number of likely N-dealkylation sites (N-methyl/N-ethyl adjacent to an activating group) is 1. The molecule has 1 aliphatic heterocycles. The summed E-state index contributed by atoms with van der Waals surface area (Å²) in [6, 6.07) is 30.8. The molecule has 4 atom stereocenters. The largest absolute Gasteiger partial charge is 0.392 e. The molecule has 2 N–H and O–H groups in total. The van der Waals surface area contributed by atoms with Gasteiger partial charge in [0.05, 0.1) is 18.8 Å². The Balaban J connectivity index is 1.37. The number of anilines is 1. The van der Waals surface area contributed by atoms with E-state index in [9.17, 15) is 9.90 Å². The highest BCUT2D eigenvalue weighted by molar-refractivity contribution is 5.88. The number of amides is 1. The van der Waals surface area contributed by atoms with Crippen LogP contribution >= 0.6 is 0 Å². The topological polar surface area (TPSA) is 71.0 Å². The van der Waals surface area contributed by atoms with Gasteiger partial charge < -0.3 is 19.9 Å². The lowest BCUT2D eigenvalue weighted by molar-refractivity contribution is -0.253. The molecule has 0 unspecified atom stereocenters. The van der Waals surface area contributed by atoms with E-state index in [-0.39, 0.29) is 30.8 Å². The first kappa shape index (κ1) is 27.0. The second-order valence-corrected chi connectivity index (χ2v) is 10.4. The van der Waals surface area contributed by atoms with Crippen molar-refractivity contribution < 1.29 is 19.4 Å². The van der Waals surface area contributed by atoms with Crippen LogP contribution in [0.5, 0.6) is 0 Å². The molecule has 0 bridgehead atoms. The first-order chi connectivity index (χ1) is 18.9. The first-order valence-corrected chi connectivity index (χ1v) is 13.5. The van der Waals surface area contributed by atoms with Crippen LogP contribution in [0.15, 0.2) is 91.0 Å². The van der Waals surface area contributed by atoms with Crippen molar-refractivity contribution in [2.45, 2.75) is 51.4 Å². The van der Waals surface area contributed by atoms with Gasteiger partial charge in [-0.25, -0.2) is 0 Å². The number of nitrogens with one attached hydrogen (secondary N) is 1. The Morgan fingerprint density at radius 2 is 1.72 bits per heavy atom. The molecule has 1 aliphatic rings. The minimum absolute atomic E-state index is 0.00750. The van der Waals surface area contributed by atoms with Crippen molar-refractivity contribution in [3.05, 3.63) is 113 Å². The van der Waals surface area contributed by atoms with E-state index < -0.39 is 6.29 Å². The fraction of sp³-hybridized carbons (Fsp3) is 0.303. The third-order valence-electron chi connectivity index (χ3n) is 7.50. The number of nitrogens with zero attached hydrogens (tertiary/aromatic N) is 1. The quantitative estimate of drug-likeness (QED) is 0.274. The van der Waals surface area contributed by atoms with E-state index in [1.165, 1.54) is 23.3 Å². The standard InChI is InChI=1S/C33H36N2O4/c1-22(27-16-15-25-7-4-5-8-28(25)17-27)35(3)20-31-19-32(26-13-11-24(21-36)12-14-26)39-33(38-31)29-9-6-10-30(18-29)34-23(2)37/h4-18,22,31-33,36H,19-21H2,1-3H3,(H,34,37)/t22-,31-,32+,33+/m1/s1. The van der Waals surface area contributed by atoms with Crippen molar-refractivity contribution >= 4 is 22.4 Å². The van der Waals surface area contributed by atoms with E-state index in [0.717, 1.165) is 23.2 Å². The molecular weight excluding hydrogens is 488 g/mol. The number of hydrogen-bond acceptors (Lipinski definition) is 5. The maximum atomic E-state index is 11.6. The summed E-state index contributed by atoms with van der Waals surface area (Å²) in [6.45, 7) is 4.45. The molecule has 0 spiro atoms. The van der Waals surface area contributed by atoms with Crippen LogP contribution < -0.4 is 5.32 Å². The second kappa shape index (κ2) is 12.1.